The van der Waals surface area contributed by atoms with Gasteiger partial charge >= 0.3 is 6.09 Å². The third-order valence-electron chi connectivity index (χ3n) is 4.90. The van der Waals surface area contributed by atoms with Crippen molar-refractivity contribution in [2.45, 2.75) is 5.92 Å². The predicted molar refractivity (Wildman–Crippen MR) is 121 cm³/mol. The van der Waals surface area contributed by atoms with Crippen LogP contribution in [0.15, 0.2) is 60.7 Å². The summed E-state index contributed by atoms with van der Waals surface area (Å²) in [6.07, 6.45) is -0.522. The molecule has 1 amide bonds. The summed E-state index contributed by atoms with van der Waals surface area (Å²) in [6, 6.07) is 19.5. The number of fused-ring (bicyclic) bond motifs is 3. The third-order valence-corrected chi connectivity index (χ3v) is 5.93. The summed E-state index contributed by atoms with van der Waals surface area (Å²) in [5.41, 5.74) is 5.25. The maximum atomic E-state index is 12.1. The molecule has 0 saturated carbocycles. The van der Waals surface area contributed by atoms with Crippen molar-refractivity contribution in [3.05, 3.63) is 92.4 Å². The fourth-order valence-electron chi connectivity index (χ4n) is 3.52. The van der Waals surface area contributed by atoms with Crippen LogP contribution in [0.1, 0.15) is 22.6 Å². The summed E-state index contributed by atoms with van der Waals surface area (Å²) < 4.78 is 5.47. The zero-order chi connectivity index (χ0) is 21.1. The molecule has 0 radical (unpaired) electrons. The standard InChI is InChI=1S/C24H16Cl3NO2/c25-21-13-23(27)22(26)12-15(21)6-5-11-28-24(29)30-14-20-18-9-3-1-7-16(18)17-8-2-4-10-19(17)20/h1-4,7-10,12-13,20H,11,14H2,(H,28,29). The summed E-state index contributed by atoms with van der Waals surface area (Å²) in [6.45, 7) is 0.374. The van der Waals surface area contributed by atoms with E-state index in [1.54, 1.807) is 6.07 Å². The molecule has 0 unspecified atom stereocenters. The number of halogens is 3. The zero-order valence-corrected chi connectivity index (χ0v) is 18.0. The smallest absolute Gasteiger partial charge is 0.407 e. The summed E-state index contributed by atoms with van der Waals surface area (Å²) in [5.74, 6) is 5.71. The molecule has 150 valence electrons. The van der Waals surface area contributed by atoms with E-state index in [-0.39, 0.29) is 19.1 Å². The molecule has 0 atom stereocenters. The van der Waals surface area contributed by atoms with Crippen LogP contribution >= 0.6 is 34.8 Å². The van der Waals surface area contributed by atoms with Crippen molar-refractivity contribution in [1.29, 1.82) is 0 Å². The number of alkyl carbamates (subject to hydrolysis) is 1. The average molecular weight is 457 g/mol. The van der Waals surface area contributed by atoms with Gasteiger partial charge in [-0.2, -0.15) is 0 Å². The van der Waals surface area contributed by atoms with Crippen LogP contribution in [0.5, 0.6) is 0 Å². The van der Waals surface area contributed by atoms with Crippen molar-refractivity contribution in [3.63, 3.8) is 0 Å². The molecule has 3 aromatic carbocycles. The fourth-order valence-corrected chi connectivity index (χ4v) is 4.12. The Kier molecular flexibility index (Phi) is 6.20. The van der Waals surface area contributed by atoms with Crippen molar-refractivity contribution < 1.29 is 9.53 Å². The fraction of sp³-hybridized carbons (Fsp3) is 0.125. The minimum atomic E-state index is -0.522. The summed E-state index contributed by atoms with van der Waals surface area (Å²) in [4.78, 5) is 12.1. The number of carbonyl (C=O) groups is 1. The molecule has 1 aliphatic rings. The van der Waals surface area contributed by atoms with Gasteiger partial charge in [0.05, 0.1) is 21.6 Å². The number of ether oxygens (including phenoxy) is 1. The van der Waals surface area contributed by atoms with Gasteiger partial charge in [0.25, 0.3) is 0 Å². The largest absolute Gasteiger partial charge is 0.449 e. The summed E-state index contributed by atoms with van der Waals surface area (Å²) >= 11 is 18.0. The first-order chi connectivity index (χ1) is 14.5. The molecule has 0 spiro atoms. The first kappa shape index (κ1) is 20.6. The van der Waals surface area contributed by atoms with E-state index in [9.17, 15) is 4.79 Å². The number of hydrogen-bond donors (Lipinski definition) is 1. The molecule has 0 aliphatic heterocycles. The summed E-state index contributed by atoms with van der Waals surface area (Å²) in [7, 11) is 0. The Balaban J connectivity index is 1.36. The Bertz CT molecular complexity index is 1140. The van der Waals surface area contributed by atoms with Gasteiger partial charge in [-0.3, -0.25) is 0 Å². The predicted octanol–water partition coefficient (Wildman–Crippen LogP) is 6.54. The summed E-state index contributed by atoms with van der Waals surface area (Å²) in [5, 5.41) is 3.77. The van der Waals surface area contributed by atoms with Gasteiger partial charge in [0.15, 0.2) is 0 Å². The Morgan fingerprint density at radius 1 is 0.900 bits per heavy atom. The molecule has 3 nitrogen and oxygen atoms in total. The molecule has 6 heteroatoms. The van der Waals surface area contributed by atoms with Crippen molar-refractivity contribution >= 4 is 40.9 Å². The number of nitrogens with one attached hydrogen (secondary N) is 1. The van der Waals surface area contributed by atoms with Crippen molar-refractivity contribution in [2.24, 2.45) is 0 Å². The van der Waals surface area contributed by atoms with Crippen molar-refractivity contribution in [1.82, 2.24) is 5.32 Å². The van der Waals surface area contributed by atoms with E-state index >= 15 is 0 Å². The first-order valence-electron chi connectivity index (χ1n) is 9.27. The van der Waals surface area contributed by atoms with Crippen LogP contribution in [0.4, 0.5) is 4.79 Å². The maximum Gasteiger partial charge on any atom is 0.407 e. The molecule has 0 heterocycles. The molecule has 0 saturated heterocycles. The molecule has 0 bridgehead atoms. The number of hydrogen-bond acceptors (Lipinski definition) is 2. The Morgan fingerprint density at radius 3 is 2.17 bits per heavy atom. The van der Waals surface area contributed by atoms with Gasteiger partial charge in [0, 0.05) is 11.5 Å². The lowest BCUT2D eigenvalue weighted by Crippen LogP contribution is -2.26. The van der Waals surface area contributed by atoms with Gasteiger partial charge in [-0.1, -0.05) is 95.2 Å². The second-order valence-electron chi connectivity index (χ2n) is 6.73. The highest BCUT2D eigenvalue weighted by molar-refractivity contribution is 6.43. The SMILES string of the molecule is O=C(NCC#Cc1cc(Cl)c(Cl)cc1Cl)OCC1c2ccccc2-c2ccccc21. The third kappa shape index (κ3) is 4.27. The molecule has 0 fully saturated rings. The quantitative estimate of drug-likeness (QED) is 0.359. The molecule has 1 aliphatic carbocycles. The van der Waals surface area contributed by atoms with Gasteiger partial charge in [-0.15, -0.1) is 0 Å². The zero-order valence-electron chi connectivity index (χ0n) is 15.7. The lowest BCUT2D eigenvalue weighted by atomic mass is 9.98. The van der Waals surface area contributed by atoms with Crippen LogP contribution in [0, 0.1) is 11.8 Å². The van der Waals surface area contributed by atoms with Gasteiger partial charge in [0.1, 0.15) is 6.61 Å². The lowest BCUT2D eigenvalue weighted by Gasteiger charge is -2.14. The van der Waals surface area contributed by atoms with E-state index in [0.29, 0.717) is 20.6 Å². The van der Waals surface area contributed by atoms with Gasteiger partial charge in [0.2, 0.25) is 0 Å². The topological polar surface area (TPSA) is 38.3 Å². The van der Waals surface area contributed by atoms with Crippen LogP contribution in [0.25, 0.3) is 11.1 Å². The highest BCUT2D eigenvalue weighted by atomic mass is 35.5. The number of benzene rings is 3. The van der Waals surface area contributed by atoms with E-state index in [1.807, 2.05) is 24.3 Å². The molecule has 1 N–H and O–H groups in total. The second kappa shape index (κ2) is 9.02. The molecule has 4 rings (SSSR count). The Labute approximate surface area is 189 Å². The molecule has 0 aromatic heterocycles. The minimum absolute atomic E-state index is 0.0178. The minimum Gasteiger partial charge on any atom is -0.449 e. The van der Waals surface area contributed by atoms with Gasteiger partial charge in [-0.25, -0.2) is 4.79 Å². The highest BCUT2D eigenvalue weighted by Crippen LogP contribution is 2.44. The van der Waals surface area contributed by atoms with Crippen LogP contribution in [0.2, 0.25) is 15.1 Å². The van der Waals surface area contributed by atoms with Gasteiger partial charge < -0.3 is 10.1 Å². The van der Waals surface area contributed by atoms with E-state index in [4.69, 9.17) is 39.5 Å². The Morgan fingerprint density at radius 2 is 1.50 bits per heavy atom. The normalized spacial score (nSPS) is 11.8. The molecule has 30 heavy (non-hydrogen) atoms. The van der Waals surface area contributed by atoms with Crippen LogP contribution < -0.4 is 5.32 Å². The monoisotopic (exact) mass is 455 g/mol. The van der Waals surface area contributed by atoms with Crippen molar-refractivity contribution in [2.75, 3.05) is 13.2 Å². The van der Waals surface area contributed by atoms with Crippen molar-refractivity contribution in [3.8, 4) is 23.0 Å². The number of carbonyl (C=O) groups excluding carboxylic acids is 1. The first-order valence-corrected chi connectivity index (χ1v) is 10.4. The number of amides is 1. The second-order valence-corrected chi connectivity index (χ2v) is 7.95. The van der Waals surface area contributed by atoms with E-state index < -0.39 is 6.09 Å². The Hall–Kier alpha value is -2.64. The van der Waals surface area contributed by atoms with E-state index in [2.05, 4.69) is 41.4 Å². The molecular weight excluding hydrogens is 441 g/mol. The number of rotatable bonds is 3. The highest BCUT2D eigenvalue weighted by Gasteiger charge is 2.28. The molecule has 3 aromatic rings. The van der Waals surface area contributed by atoms with Crippen LogP contribution in [-0.2, 0) is 4.74 Å². The van der Waals surface area contributed by atoms with E-state index in [0.717, 1.165) is 0 Å². The lowest BCUT2D eigenvalue weighted by molar-refractivity contribution is 0.144. The van der Waals surface area contributed by atoms with E-state index in [1.165, 1.54) is 28.3 Å². The van der Waals surface area contributed by atoms with Gasteiger partial charge in [-0.05, 0) is 34.4 Å². The maximum absolute atomic E-state index is 12.1. The van der Waals surface area contributed by atoms with Crippen LogP contribution in [-0.4, -0.2) is 19.2 Å². The van der Waals surface area contributed by atoms with Crippen LogP contribution in [0.3, 0.4) is 0 Å². The molecular formula is C24H16Cl3NO2. The average Bonchev–Trinajstić information content (AvgIpc) is 3.07.